The summed E-state index contributed by atoms with van der Waals surface area (Å²) < 4.78 is 2.26. The number of anilines is 1. The molecular formula is C22H28N4O2S2. The highest BCUT2D eigenvalue weighted by atomic mass is 32.2. The molecule has 2 saturated heterocycles. The van der Waals surface area contributed by atoms with E-state index in [1.807, 2.05) is 6.08 Å². The zero-order valence-electron chi connectivity index (χ0n) is 18.0. The number of pyridine rings is 1. The first-order valence-corrected chi connectivity index (χ1v) is 11.7. The van der Waals surface area contributed by atoms with Crippen LogP contribution in [0.1, 0.15) is 56.2 Å². The van der Waals surface area contributed by atoms with E-state index in [2.05, 4.69) is 24.8 Å². The van der Waals surface area contributed by atoms with Crippen molar-refractivity contribution in [1.82, 2.24) is 9.47 Å². The summed E-state index contributed by atoms with van der Waals surface area (Å²) in [6.07, 6.45) is 5.73. The van der Waals surface area contributed by atoms with Crippen molar-refractivity contribution in [2.75, 3.05) is 25.0 Å². The molecule has 2 aliphatic rings. The number of thioether (sulfide) groups is 1. The van der Waals surface area contributed by atoms with E-state index in [1.54, 1.807) is 18.5 Å². The Morgan fingerprint density at radius 2 is 1.97 bits per heavy atom. The van der Waals surface area contributed by atoms with Crippen molar-refractivity contribution in [3.05, 3.63) is 31.9 Å². The largest absolute Gasteiger partial charge is 0.357 e. The van der Waals surface area contributed by atoms with E-state index in [0.29, 0.717) is 27.3 Å². The van der Waals surface area contributed by atoms with E-state index in [0.717, 1.165) is 50.2 Å². The molecule has 0 spiro atoms. The molecule has 1 amide bonds. The van der Waals surface area contributed by atoms with Crippen LogP contribution in [0.15, 0.2) is 9.70 Å². The third-order valence-corrected chi connectivity index (χ3v) is 7.41. The molecule has 0 saturated carbocycles. The summed E-state index contributed by atoms with van der Waals surface area (Å²) in [5.41, 5.74) is 1.33. The Kier molecular flexibility index (Phi) is 7.04. The lowest BCUT2D eigenvalue weighted by Crippen LogP contribution is -2.39. The Bertz CT molecular complexity index is 998. The molecule has 0 bridgehead atoms. The molecule has 0 aromatic carbocycles. The number of piperidine rings is 1. The number of nitriles is 1. The summed E-state index contributed by atoms with van der Waals surface area (Å²) in [5, 5.41) is 9.71. The molecule has 30 heavy (non-hydrogen) atoms. The lowest BCUT2D eigenvalue weighted by molar-refractivity contribution is -0.121. The normalized spacial score (nSPS) is 19.1. The maximum absolute atomic E-state index is 13.2. The second-order valence-corrected chi connectivity index (χ2v) is 9.75. The fourth-order valence-electron chi connectivity index (χ4n) is 3.91. The van der Waals surface area contributed by atoms with Crippen molar-refractivity contribution in [3.8, 4) is 6.07 Å². The lowest BCUT2D eigenvalue weighted by Gasteiger charge is -2.35. The molecule has 1 aromatic heterocycles. The Morgan fingerprint density at radius 3 is 2.50 bits per heavy atom. The number of carbonyl (C=O) groups excluding carboxylic acids is 1. The van der Waals surface area contributed by atoms with Crippen LogP contribution >= 0.6 is 24.0 Å². The number of hydrogen-bond acceptors (Lipinski definition) is 6. The van der Waals surface area contributed by atoms with Crippen LogP contribution < -0.4 is 10.5 Å². The molecule has 0 unspecified atom stereocenters. The van der Waals surface area contributed by atoms with Crippen LogP contribution in [0.2, 0.25) is 0 Å². The highest BCUT2D eigenvalue weighted by molar-refractivity contribution is 8.26. The molecule has 3 rings (SSSR count). The molecule has 0 atom stereocenters. The van der Waals surface area contributed by atoms with Gasteiger partial charge in [-0.2, -0.15) is 5.26 Å². The average molecular weight is 445 g/mol. The average Bonchev–Trinajstić information content (AvgIpc) is 2.97. The molecule has 3 heterocycles. The smallest absolute Gasteiger partial charge is 0.270 e. The summed E-state index contributed by atoms with van der Waals surface area (Å²) in [5.74, 6) is 1.34. The van der Waals surface area contributed by atoms with Gasteiger partial charge in [0, 0.05) is 32.2 Å². The van der Waals surface area contributed by atoms with Crippen molar-refractivity contribution in [3.63, 3.8) is 0 Å². The third-order valence-electron chi connectivity index (χ3n) is 5.93. The van der Waals surface area contributed by atoms with Gasteiger partial charge in [0.25, 0.3) is 11.5 Å². The van der Waals surface area contributed by atoms with Gasteiger partial charge in [0.2, 0.25) is 0 Å². The van der Waals surface area contributed by atoms with E-state index >= 15 is 0 Å². The van der Waals surface area contributed by atoms with Crippen molar-refractivity contribution < 1.29 is 4.79 Å². The maximum atomic E-state index is 13.2. The third kappa shape index (κ3) is 4.19. The van der Waals surface area contributed by atoms with Gasteiger partial charge in [-0.05, 0) is 43.7 Å². The number of hydrogen-bond donors (Lipinski definition) is 0. The Hall–Kier alpha value is -2.11. The maximum Gasteiger partial charge on any atom is 0.270 e. The number of carbonyl (C=O) groups is 1. The van der Waals surface area contributed by atoms with Crippen molar-refractivity contribution in [2.45, 2.75) is 53.0 Å². The Morgan fingerprint density at radius 1 is 1.30 bits per heavy atom. The lowest BCUT2D eigenvalue weighted by atomic mass is 9.97. The van der Waals surface area contributed by atoms with E-state index in [1.165, 1.54) is 16.7 Å². The monoisotopic (exact) mass is 444 g/mol. The zero-order valence-corrected chi connectivity index (χ0v) is 19.7. The minimum atomic E-state index is -0.239. The van der Waals surface area contributed by atoms with Gasteiger partial charge in [-0.1, -0.05) is 44.2 Å². The topological polar surface area (TPSA) is 69.3 Å². The predicted octanol–water partition coefficient (Wildman–Crippen LogP) is 3.90. The van der Waals surface area contributed by atoms with Gasteiger partial charge in [0.1, 0.15) is 21.8 Å². The molecule has 160 valence electrons. The number of thiocarbonyl (C=S) groups is 1. The van der Waals surface area contributed by atoms with Crippen LogP contribution in [0.5, 0.6) is 0 Å². The number of amides is 1. The summed E-state index contributed by atoms with van der Waals surface area (Å²) >= 11 is 6.54. The number of aromatic nitrogens is 1. The molecule has 0 radical (unpaired) electrons. The van der Waals surface area contributed by atoms with Crippen LogP contribution in [0.3, 0.4) is 0 Å². The van der Waals surface area contributed by atoms with Gasteiger partial charge < -0.3 is 4.90 Å². The zero-order chi connectivity index (χ0) is 22.0. The second-order valence-electron chi connectivity index (χ2n) is 8.07. The van der Waals surface area contributed by atoms with E-state index in [9.17, 15) is 14.9 Å². The molecular weight excluding hydrogens is 416 g/mol. The van der Waals surface area contributed by atoms with Crippen LogP contribution in [0.25, 0.3) is 6.08 Å². The van der Waals surface area contributed by atoms with Crippen LogP contribution in [0.4, 0.5) is 5.82 Å². The van der Waals surface area contributed by atoms with Crippen LogP contribution in [-0.2, 0) is 11.3 Å². The number of unbranched alkanes of at least 4 members (excludes halogenated alkanes) is 1. The van der Waals surface area contributed by atoms with Crippen molar-refractivity contribution in [1.29, 1.82) is 5.26 Å². The summed E-state index contributed by atoms with van der Waals surface area (Å²) in [6.45, 7) is 8.40. The van der Waals surface area contributed by atoms with Crippen LogP contribution in [0, 0.1) is 24.2 Å². The SMILES string of the molecule is CCCCn1c(N2CCC(C)CC2)c(/C=C2/SC(=S)N(C)C2=O)c(C)c(C#N)c1=O. The molecule has 2 aliphatic heterocycles. The first-order chi connectivity index (χ1) is 14.3. The van der Waals surface area contributed by atoms with Crippen molar-refractivity contribution in [2.24, 2.45) is 5.92 Å². The van der Waals surface area contributed by atoms with Gasteiger partial charge in [-0.25, -0.2) is 0 Å². The first-order valence-electron chi connectivity index (χ1n) is 10.4. The van der Waals surface area contributed by atoms with Gasteiger partial charge >= 0.3 is 0 Å². The number of likely N-dealkylation sites (N-methyl/N-ethyl adjacent to an activating group) is 1. The Balaban J connectivity index is 2.25. The summed E-state index contributed by atoms with van der Waals surface area (Å²) in [6, 6.07) is 2.10. The van der Waals surface area contributed by atoms with Crippen LogP contribution in [-0.4, -0.2) is 39.8 Å². The van der Waals surface area contributed by atoms with E-state index in [4.69, 9.17) is 12.2 Å². The molecule has 6 nitrogen and oxygen atoms in total. The van der Waals surface area contributed by atoms with Gasteiger partial charge in [-0.15, -0.1) is 0 Å². The predicted molar refractivity (Wildman–Crippen MR) is 127 cm³/mol. The summed E-state index contributed by atoms with van der Waals surface area (Å²) in [4.78, 5) is 30.1. The van der Waals surface area contributed by atoms with Crippen molar-refractivity contribution >= 4 is 46.1 Å². The molecule has 0 N–H and O–H groups in total. The van der Waals surface area contributed by atoms with Gasteiger partial charge in [0.15, 0.2) is 0 Å². The highest BCUT2D eigenvalue weighted by Gasteiger charge is 2.31. The fraction of sp³-hybridized carbons (Fsp3) is 0.545. The van der Waals surface area contributed by atoms with E-state index in [-0.39, 0.29) is 17.0 Å². The molecule has 0 aliphatic carbocycles. The molecule has 1 aromatic rings. The molecule has 8 heteroatoms. The molecule has 2 fully saturated rings. The second kappa shape index (κ2) is 9.36. The minimum absolute atomic E-state index is 0.146. The number of nitrogens with zero attached hydrogens (tertiary/aromatic N) is 4. The highest BCUT2D eigenvalue weighted by Crippen LogP contribution is 2.36. The summed E-state index contributed by atoms with van der Waals surface area (Å²) in [7, 11) is 1.67. The quantitative estimate of drug-likeness (QED) is 0.507. The first kappa shape index (κ1) is 22.6. The standard InChI is InChI=1S/C22H28N4O2S2/c1-5-6-9-26-19(25-10-7-14(2)8-11-25)16(15(3)17(13-23)20(26)27)12-18-21(28)24(4)22(29)30-18/h12,14H,5-11H2,1-4H3/b18-12+. The van der Waals surface area contributed by atoms with Gasteiger partial charge in [0.05, 0.1) is 4.91 Å². The van der Waals surface area contributed by atoms with Gasteiger partial charge in [-0.3, -0.25) is 19.1 Å². The Labute approximate surface area is 187 Å². The number of rotatable bonds is 5. The minimum Gasteiger partial charge on any atom is -0.357 e. The van der Waals surface area contributed by atoms with E-state index < -0.39 is 0 Å². The fourth-order valence-corrected chi connectivity index (χ4v) is 5.07.